The Kier molecular flexibility index (Phi) is 10.1. The molecule has 0 aliphatic carbocycles. The van der Waals surface area contributed by atoms with Crippen molar-refractivity contribution in [1.82, 2.24) is 25.4 Å². The second-order valence-electron chi connectivity index (χ2n) is 6.57. The van der Waals surface area contributed by atoms with Crippen molar-refractivity contribution in [1.29, 1.82) is 0 Å². The molecule has 0 spiro atoms. The number of halogens is 1. The Morgan fingerprint density at radius 3 is 2.63 bits per heavy atom. The van der Waals surface area contributed by atoms with Crippen molar-refractivity contribution in [2.45, 2.75) is 33.0 Å². The summed E-state index contributed by atoms with van der Waals surface area (Å²) in [5.41, 5.74) is 2.28. The van der Waals surface area contributed by atoms with Gasteiger partial charge in [0.2, 0.25) is 0 Å². The number of nitrogens with zero attached hydrogens (tertiary/aromatic N) is 4. The summed E-state index contributed by atoms with van der Waals surface area (Å²) in [6.45, 7) is 4.83. The van der Waals surface area contributed by atoms with E-state index in [0.29, 0.717) is 13.2 Å². The summed E-state index contributed by atoms with van der Waals surface area (Å²) in [4.78, 5) is 4.29. The molecule has 0 aliphatic rings. The maximum atomic E-state index is 5.91. The van der Waals surface area contributed by atoms with Crippen LogP contribution in [0.15, 0.2) is 65.9 Å². The Balaban J connectivity index is 0.00000320. The Bertz CT molecular complexity index is 913. The van der Waals surface area contributed by atoms with Gasteiger partial charge in [-0.2, -0.15) is 0 Å². The molecule has 0 aliphatic heterocycles. The van der Waals surface area contributed by atoms with Crippen molar-refractivity contribution in [2.24, 2.45) is 4.99 Å². The fraction of sp³-hybridized carbons (Fsp3) is 0.318. The van der Waals surface area contributed by atoms with Gasteiger partial charge in [0.1, 0.15) is 24.5 Å². The van der Waals surface area contributed by atoms with E-state index in [4.69, 9.17) is 4.74 Å². The average Bonchev–Trinajstić information content (AvgIpc) is 3.23. The molecule has 7 nitrogen and oxygen atoms in total. The summed E-state index contributed by atoms with van der Waals surface area (Å²) in [6, 6.07) is 18.3. The third-order valence-electron chi connectivity index (χ3n) is 4.49. The van der Waals surface area contributed by atoms with Gasteiger partial charge in [0.15, 0.2) is 5.96 Å². The molecule has 1 heterocycles. The number of guanidine groups is 1. The number of aromatic nitrogens is 3. The summed E-state index contributed by atoms with van der Waals surface area (Å²) in [6.07, 6.45) is 2.63. The first kappa shape index (κ1) is 23.7. The predicted molar refractivity (Wildman–Crippen MR) is 130 cm³/mol. The highest BCUT2D eigenvalue weighted by Gasteiger charge is 2.03. The molecular formula is C22H29IN6O. The highest BCUT2D eigenvalue weighted by molar-refractivity contribution is 14.0. The Labute approximate surface area is 195 Å². The van der Waals surface area contributed by atoms with Crippen LogP contribution in [0.4, 0.5) is 0 Å². The summed E-state index contributed by atoms with van der Waals surface area (Å²) in [5.74, 6) is 2.60. The fourth-order valence-electron chi connectivity index (χ4n) is 2.93. The minimum absolute atomic E-state index is 0. The van der Waals surface area contributed by atoms with Crippen LogP contribution in [0.3, 0.4) is 0 Å². The molecule has 0 fully saturated rings. The molecule has 0 amide bonds. The van der Waals surface area contributed by atoms with Gasteiger partial charge >= 0.3 is 0 Å². The number of nitrogens with one attached hydrogen (secondary N) is 2. The summed E-state index contributed by atoms with van der Waals surface area (Å²) in [7, 11) is 1.77. The molecule has 0 bridgehead atoms. The molecular weight excluding hydrogens is 491 g/mol. The number of hydrogen-bond acceptors (Lipinski definition) is 4. The van der Waals surface area contributed by atoms with E-state index in [2.05, 4.69) is 50.9 Å². The minimum Gasteiger partial charge on any atom is -0.489 e. The first-order chi connectivity index (χ1) is 14.3. The van der Waals surface area contributed by atoms with Crippen LogP contribution in [0.1, 0.15) is 23.9 Å². The number of aliphatic imine (C=N–C) groups is 1. The Hall–Kier alpha value is -2.62. The second kappa shape index (κ2) is 12.8. The van der Waals surface area contributed by atoms with Gasteiger partial charge in [0.25, 0.3) is 0 Å². The number of benzene rings is 2. The third-order valence-corrected chi connectivity index (χ3v) is 4.49. The molecule has 0 atom stereocenters. The van der Waals surface area contributed by atoms with E-state index in [1.807, 2.05) is 41.0 Å². The van der Waals surface area contributed by atoms with Crippen LogP contribution in [-0.2, 0) is 26.1 Å². The zero-order chi connectivity index (χ0) is 20.3. The quantitative estimate of drug-likeness (QED) is 0.257. The van der Waals surface area contributed by atoms with Gasteiger partial charge in [-0.1, -0.05) is 49.4 Å². The van der Waals surface area contributed by atoms with Crippen LogP contribution < -0.4 is 15.4 Å². The third kappa shape index (κ3) is 7.33. The Morgan fingerprint density at radius 2 is 1.87 bits per heavy atom. The smallest absolute Gasteiger partial charge is 0.191 e. The Morgan fingerprint density at radius 1 is 1.07 bits per heavy atom. The van der Waals surface area contributed by atoms with Crippen LogP contribution in [-0.4, -0.2) is 34.3 Å². The van der Waals surface area contributed by atoms with E-state index in [1.165, 1.54) is 0 Å². The maximum absolute atomic E-state index is 5.91. The topological polar surface area (TPSA) is 76.4 Å². The van der Waals surface area contributed by atoms with Crippen LogP contribution in [0.5, 0.6) is 5.75 Å². The molecule has 2 N–H and O–H groups in total. The number of hydrogen-bond donors (Lipinski definition) is 2. The van der Waals surface area contributed by atoms with Gasteiger partial charge in [0, 0.05) is 33.1 Å². The van der Waals surface area contributed by atoms with Gasteiger partial charge in [-0.05, 0) is 23.3 Å². The zero-order valence-electron chi connectivity index (χ0n) is 17.4. The van der Waals surface area contributed by atoms with Crippen molar-refractivity contribution in [3.8, 4) is 5.75 Å². The van der Waals surface area contributed by atoms with Crippen molar-refractivity contribution in [3.63, 3.8) is 0 Å². The van der Waals surface area contributed by atoms with Crippen molar-refractivity contribution in [3.05, 3.63) is 77.9 Å². The fourth-order valence-corrected chi connectivity index (χ4v) is 2.93. The lowest BCUT2D eigenvalue weighted by Gasteiger charge is -2.13. The predicted octanol–water partition coefficient (Wildman–Crippen LogP) is 3.40. The number of aryl methyl sites for hydroxylation is 1. The molecule has 0 unspecified atom stereocenters. The highest BCUT2D eigenvalue weighted by Crippen LogP contribution is 2.15. The largest absolute Gasteiger partial charge is 0.489 e. The van der Waals surface area contributed by atoms with E-state index in [9.17, 15) is 0 Å². The molecule has 8 heteroatoms. The second-order valence-corrected chi connectivity index (χ2v) is 6.57. The summed E-state index contributed by atoms with van der Waals surface area (Å²) in [5, 5.41) is 14.7. The molecule has 30 heavy (non-hydrogen) atoms. The van der Waals surface area contributed by atoms with E-state index in [0.717, 1.165) is 48.2 Å². The molecule has 0 saturated carbocycles. The van der Waals surface area contributed by atoms with Gasteiger partial charge in [0.05, 0.1) is 0 Å². The number of ether oxygens (including phenoxy) is 1. The average molecular weight is 520 g/mol. The van der Waals surface area contributed by atoms with E-state index < -0.39 is 0 Å². The first-order valence-electron chi connectivity index (χ1n) is 9.85. The van der Waals surface area contributed by atoms with Gasteiger partial charge in [-0.3, -0.25) is 4.99 Å². The molecule has 160 valence electrons. The summed E-state index contributed by atoms with van der Waals surface area (Å²) < 4.78 is 7.96. The first-order valence-corrected chi connectivity index (χ1v) is 9.85. The standard InChI is InChI=1S/C22H28N6O.HI/c1-3-21-27-26-17-28(21)13-12-24-22(23-2)25-15-19-10-7-11-20(14-19)29-16-18-8-5-4-6-9-18;/h4-11,14,17H,3,12-13,15-16H2,1-2H3,(H2,23,24,25);1H. The van der Waals surface area contributed by atoms with Crippen LogP contribution in [0, 0.1) is 0 Å². The molecule has 1 aromatic heterocycles. The minimum atomic E-state index is 0. The van der Waals surface area contributed by atoms with E-state index in [-0.39, 0.29) is 24.0 Å². The van der Waals surface area contributed by atoms with Crippen molar-refractivity contribution < 1.29 is 4.74 Å². The number of rotatable bonds is 9. The SMILES string of the molecule is CCc1nncn1CCNC(=NC)NCc1cccc(OCc2ccccc2)c1.I. The normalized spacial score (nSPS) is 10.9. The van der Waals surface area contributed by atoms with Crippen molar-refractivity contribution in [2.75, 3.05) is 13.6 Å². The molecule has 3 aromatic rings. The highest BCUT2D eigenvalue weighted by atomic mass is 127. The van der Waals surface area contributed by atoms with Crippen molar-refractivity contribution >= 4 is 29.9 Å². The van der Waals surface area contributed by atoms with Crippen LogP contribution in [0.2, 0.25) is 0 Å². The molecule has 2 aromatic carbocycles. The van der Waals surface area contributed by atoms with Crippen LogP contribution >= 0.6 is 24.0 Å². The maximum Gasteiger partial charge on any atom is 0.191 e. The van der Waals surface area contributed by atoms with Gasteiger partial charge in [-0.15, -0.1) is 34.2 Å². The monoisotopic (exact) mass is 520 g/mol. The molecule has 3 rings (SSSR count). The summed E-state index contributed by atoms with van der Waals surface area (Å²) >= 11 is 0. The van der Waals surface area contributed by atoms with Gasteiger partial charge < -0.3 is 19.9 Å². The molecule has 0 radical (unpaired) electrons. The lowest BCUT2D eigenvalue weighted by atomic mass is 10.2. The zero-order valence-corrected chi connectivity index (χ0v) is 19.7. The van der Waals surface area contributed by atoms with E-state index >= 15 is 0 Å². The van der Waals surface area contributed by atoms with Crippen LogP contribution in [0.25, 0.3) is 0 Å². The lowest BCUT2D eigenvalue weighted by Crippen LogP contribution is -2.38. The molecule has 0 saturated heterocycles. The van der Waals surface area contributed by atoms with Gasteiger partial charge in [-0.25, -0.2) is 0 Å². The van der Waals surface area contributed by atoms with E-state index in [1.54, 1.807) is 13.4 Å². The lowest BCUT2D eigenvalue weighted by molar-refractivity contribution is 0.306.